The van der Waals surface area contributed by atoms with Crippen LogP contribution in [0.15, 0.2) is 34.9 Å². The molecule has 1 heterocycles. The summed E-state index contributed by atoms with van der Waals surface area (Å²) in [7, 11) is 0. The second kappa shape index (κ2) is 6.70. The van der Waals surface area contributed by atoms with E-state index < -0.39 is 22.4 Å². The molecule has 0 aliphatic carbocycles. The summed E-state index contributed by atoms with van der Waals surface area (Å²) in [5, 5.41) is 13.5. The van der Waals surface area contributed by atoms with Crippen LogP contribution in [0.25, 0.3) is 0 Å². The van der Waals surface area contributed by atoms with Crippen molar-refractivity contribution < 1.29 is 23.3 Å². The molecule has 0 aliphatic heterocycles. The second-order valence-electron chi connectivity index (χ2n) is 4.25. The zero-order valence-electron chi connectivity index (χ0n) is 11.7. The van der Waals surface area contributed by atoms with E-state index >= 15 is 0 Å². The van der Waals surface area contributed by atoms with Gasteiger partial charge < -0.3 is 14.5 Å². The highest BCUT2D eigenvalue weighted by Crippen LogP contribution is 2.22. The van der Waals surface area contributed by atoms with E-state index in [1.807, 2.05) is 0 Å². The molecule has 2 aromatic rings. The van der Waals surface area contributed by atoms with Gasteiger partial charge in [0.2, 0.25) is 5.82 Å². The maximum absolute atomic E-state index is 13.2. The third kappa shape index (κ3) is 3.40. The molecule has 0 aliphatic rings. The van der Waals surface area contributed by atoms with E-state index in [4.69, 9.17) is 9.15 Å². The van der Waals surface area contributed by atoms with E-state index in [0.717, 1.165) is 12.1 Å². The molecule has 2 rings (SSSR count). The van der Waals surface area contributed by atoms with Gasteiger partial charge in [0.1, 0.15) is 11.3 Å². The third-order valence-corrected chi connectivity index (χ3v) is 2.84. The Bertz CT molecular complexity index is 698. The molecule has 0 bridgehead atoms. The van der Waals surface area contributed by atoms with Crippen LogP contribution in [-0.2, 0) is 11.3 Å². The minimum absolute atomic E-state index is 0.101. The molecule has 1 aromatic heterocycles. The van der Waals surface area contributed by atoms with Crippen molar-refractivity contribution in [3.8, 4) is 0 Å². The highest BCUT2D eigenvalue weighted by atomic mass is 19.1. The van der Waals surface area contributed by atoms with Gasteiger partial charge in [-0.2, -0.15) is 4.39 Å². The molecule has 0 radical (unpaired) electrons. The molecule has 0 saturated heterocycles. The first-order chi connectivity index (χ1) is 10.5. The summed E-state index contributed by atoms with van der Waals surface area (Å²) < 4.78 is 23.3. The molecular weight excluding hydrogens is 295 g/mol. The third-order valence-electron chi connectivity index (χ3n) is 2.84. The molecule has 0 spiro atoms. The highest BCUT2D eigenvalue weighted by Gasteiger charge is 2.17. The molecule has 0 amide bonds. The second-order valence-corrected chi connectivity index (χ2v) is 4.25. The molecule has 116 valence electrons. The van der Waals surface area contributed by atoms with Crippen molar-refractivity contribution in [3.63, 3.8) is 0 Å². The van der Waals surface area contributed by atoms with Crippen molar-refractivity contribution in [2.24, 2.45) is 0 Å². The van der Waals surface area contributed by atoms with Crippen LogP contribution in [0.1, 0.15) is 23.0 Å². The van der Waals surface area contributed by atoms with Gasteiger partial charge in [-0.25, -0.2) is 4.79 Å². The van der Waals surface area contributed by atoms with Crippen molar-refractivity contribution in [1.82, 2.24) is 0 Å². The molecule has 1 aromatic carbocycles. The molecule has 0 unspecified atom stereocenters. The fourth-order valence-electron chi connectivity index (χ4n) is 1.81. The molecule has 0 fully saturated rings. The summed E-state index contributed by atoms with van der Waals surface area (Å²) in [5.74, 6) is -1.11. The van der Waals surface area contributed by atoms with Crippen LogP contribution in [0.2, 0.25) is 0 Å². The Kier molecular flexibility index (Phi) is 4.72. The minimum Gasteiger partial charge on any atom is -0.467 e. The molecule has 22 heavy (non-hydrogen) atoms. The van der Waals surface area contributed by atoms with Crippen LogP contribution in [0, 0.1) is 15.9 Å². The standard InChI is InChI=1S/C14H13FN2O5/c1-2-21-14(18)10-5-6-22-13(10)8-16-9-3-4-11(15)12(7-9)17(19)20/h3-7,16H,2,8H2,1H3. The van der Waals surface area contributed by atoms with Gasteiger partial charge >= 0.3 is 11.7 Å². The van der Waals surface area contributed by atoms with Gasteiger partial charge in [-0.05, 0) is 25.1 Å². The van der Waals surface area contributed by atoms with Crippen LogP contribution < -0.4 is 5.32 Å². The summed E-state index contributed by atoms with van der Waals surface area (Å²) in [6.45, 7) is 2.03. The number of nitrogens with one attached hydrogen (secondary N) is 1. The molecule has 0 atom stereocenters. The summed E-state index contributed by atoms with van der Waals surface area (Å²) in [4.78, 5) is 21.5. The van der Waals surface area contributed by atoms with Gasteiger partial charge in [-0.1, -0.05) is 0 Å². The average Bonchev–Trinajstić information content (AvgIpc) is 2.95. The number of hydrogen-bond acceptors (Lipinski definition) is 6. The Morgan fingerprint density at radius 1 is 1.45 bits per heavy atom. The smallest absolute Gasteiger partial charge is 0.341 e. The normalized spacial score (nSPS) is 10.3. The number of esters is 1. The lowest BCUT2D eigenvalue weighted by atomic mass is 10.2. The molecule has 7 nitrogen and oxygen atoms in total. The first-order valence-corrected chi connectivity index (χ1v) is 6.44. The van der Waals surface area contributed by atoms with Gasteiger partial charge in [-0.15, -0.1) is 0 Å². The van der Waals surface area contributed by atoms with E-state index in [2.05, 4.69) is 5.32 Å². The first-order valence-electron chi connectivity index (χ1n) is 6.44. The number of carbonyl (C=O) groups is 1. The number of nitro groups is 1. The summed E-state index contributed by atoms with van der Waals surface area (Å²) in [6.07, 6.45) is 1.34. The van der Waals surface area contributed by atoms with Crippen LogP contribution >= 0.6 is 0 Å². The van der Waals surface area contributed by atoms with Crippen LogP contribution in [0.5, 0.6) is 0 Å². The Morgan fingerprint density at radius 2 is 2.23 bits per heavy atom. The first kappa shape index (κ1) is 15.5. The van der Waals surface area contributed by atoms with Crippen molar-refractivity contribution in [2.75, 3.05) is 11.9 Å². The summed E-state index contributed by atoms with van der Waals surface area (Å²) in [5.41, 5.74) is -0.0275. The van der Waals surface area contributed by atoms with Crippen molar-refractivity contribution >= 4 is 17.3 Å². The zero-order valence-corrected chi connectivity index (χ0v) is 11.7. The number of furan rings is 1. The van der Waals surface area contributed by atoms with Crippen LogP contribution in [0.4, 0.5) is 15.8 Å². The van der Waals surface area contributed by atoms with E-state index in [1.165, 1.54) is 18.4 Å². The molecular formula is C14H13FN2O5. The lowest BCUT2D eigenvalue weighted by molar-refractivity contribution is -0.387. The van der Waals surface area contributed by atoms with Crippen LogP contribution in [-0.4, -0.2) is 17.5 Å². The Hall–Kier alpha value is -2.90. The van der Waals surface area contributed by atoms with Gasteiger partial charge in [-0.3, -0.25) is 10.1 Å². The zero-order chi connectivity index (χ0) is 16.1. The summed E-state index contributed by atoms with van der Waals surface area (Å²) in [6, 6.07) is 4.90. The number of hydrogen-bond donors (Lipinski definition) is 1. The quantitative estimate of drug-likeness (QED) is 0.500. The lowest BCUT2D eigenvalue weighted by Crippen LogP contribution is -2.08. The predicted molar refractivity (Wildman–Crippen MR) is 75.0 cm³/mol. The van der Waals surface area contributed by atoms with Crippen molar-refractivity contribution in [3.05, 3.63) is 57.8 Å². The molecule has 1 N–H and O–H groups in total. The van der Waals surface area contributed by atoms with Crippen molar-refractivity contribution in [1.29, 1.82) is 0 Å². The van der Waals surface area contributed by atoms with Gasteiger partial charge in [0, 0.05) is 11.8 Å². The number of ether oxygens (including phenoxy) is 1. The highest BCUT2D eigenvalue weighted by molar-refractivity contribution is 5.90. The van der Waals surface area contributed by atoms with Gasteiger partial charge in [0.15, 0.2) is 0 Å². The number of nitrogens with zero attached hydrogens (tertiary/aromatic N) is 1. The van der Waals surface area contributed by atoms with E-state index in [0.29, 0.717) is 11.4 Å². The fourth-order valence-corrected chi connectivity index (χ4v) is 1.81. The van der Waals surface area contributed by atoms with Gasteiger partial charge in [0.25, 0.3) is 0 Å². The maximum atomic E-state index is 13.2. The number of halogens is 1. The lowest BCUT2D eigenvalue weighted by Gasteiger charge is -2.06. The molecule has 0 saturated carbocycles. The maximum Gasteiger partial charge on any atom is 0.341 e. The number of anilines is 1. The monoisotopic (exact) mass is 308 g/mol. The predicted octanol–water partition coefficient (Wildman–Crippen LogP) is 3.12. The number of benzene rings is 1. The average molecular weight is 308 g/mol. The van der Waals surface area contributed by atoms with E-state index in [9.17, 15) is 19.3 Å². The number of nitro benzene ring substituents is 1. The Morgan fingerprint density at radius 3 is 2.91 bits per heavy atom. The van der Waals surface area contributed by atoms with Crippen LogP contribution in [0.3, 0.4) is 0 Å². The number of carbonyl (C=O) groups excluding carboxylic acids is 1. The minimum atomic E-state index is -0.916. The fraction of sp³-hybridized carbons (Fsp3) is 0.214. The van der Waals surface area contributed by atoms with Gasteiger partial charge in [0.05, 0.1) is 24.3 Å². The molecule has 8 heteroatoms. The largest absolute Gasteiger partial charge is 0.467 e. The SMILES string of the molecule is CCOC(=O)c1ccoc1CNc1ccc(F)c([N+](=O)[O-])c1. The summed E-state index contributed by atoms with van der Waals surface area (Å²) >= 11 is 0. The van der Waals surface area contributed by atoms with E-state index in [1.54, 1.807) is 6.92 Å². The van der Waals surface area contributed by atoms with E-state index in [-0.39, 0.29) is 18.7 Å². The number of rotatable bonds is 6. The Balaban J connectivity index is 2.11. The topological polar surface area (TPSA) is 94.6 Å². The Labute approximate surface area is 124 Å². The van der Waals surface area contributed by atoms with Crippen molar-refractivity contribution in [2.45, 2.75) is 13.5 Å².